The maximum atomic E-state index is 10.2. The lowest BCUT2D eigenvalue weighted by molar-refractivity contribution is 0.106. The Morgan fingerprint density at radius 2 is 2.05 bits per heavy atom. The van der Waals surface area contributed by atoms with E-state index in [-0.39, 0.29) is 12.1 Å². The number of hydrogen-bond acceptors (Lipinski definition) is 3. The largest absolute Gasteiger partial charge is 0.391 e. The summed E-state index contributed by atoms with van der Waals surface area (Å²) in [6.45, 7) is 6.22. The summed E-state index contributed by atoms with van der Waals surface area (Å²) in [6, 6.07) is 6.90. The Balaban J connectivity index is 2.09. The van der Waals surface area contributed by atoms with Crippen LogP contribution >= 0.6 is 0 Å². The smallest absolute Gasteiger partial charge is 0.0743 e. The number of aliphatic hydroxyl groups is 1. The lowest BCUT2D eigenvalue weighted by Crippen LogP contribution is -2.43. The lowest BCUT2D eigenvalue weighted by Gasteiger charge is -2.37. The van der Waals surface area contributed by atoms with Gasteiger partial charge < -0.3 is 15.3 Å². The van der Waals surface area contributed by atoms with Gasteiger partial charge in [-0.25, -0.2) is 0 Å². The third kappa shape index (κ3) is 3.53. The molecule has 2 N–H and O–H groups in total. The van der Waals surface area contributed by atoms with Crippen LogP contribution in [0, 0.1) is 6.92 Å². The summed E-state index contributed by atoms with van der Waals surface area (Å²) in [4.78, 5) is 2.26. The van der Waals surface area contributed by atoms with Gasteiger partial charge in [-0.1, -0.05) is 25.8 Å². The average Bonchev–Trinajstić information content (AvgIpc) is 2.46. The van der Waals surface area contributed by atoms with Gasteiger partial charge in [0, 0.05) is 19.3 Å². The molecule has 1 aliphatic carbocycles. The van der Waals surface area contributed by atoms with Gasteiger partial charge in [-0.2, -0.15) is 0 Å². The first-order valence-electron chi connectivity index (χ1n) is 7.84. The standard InChI is InChI=1S/C17H28N2O/c1-4-18-12-14-9-10-15(11-13(14)2)19(3)16-7-5-6-8-17(16)20/h9-11,16-18,20H,4-8,12H2,1-3H3. The molecule has 1 aliphatic rings. The van der Waals surface area contributed by atoms with Crippen molar-refractivity contribution < 1.29 is 5.11 Å². The summed E-state index contributed by atoms with van der Waals surface area (Å²) >= 11 is 0. The number of aliphatic hydroxyl groups excluding tert-OH is 1. The molecule has 112 valence electrons. The fourth-order valence-corrected chi connectivity index (χ4v) is 3.09. The van der Waals surface area contributed by atoms with Crippen molar-refractivity contribution in [1.29, 1.82) is 0 Å². The molecule has 2 rings (SSSR count). The molecule has 20 heavy (non-hydrogen) atoms. The van der Waals surface area contributed by atoms with Crippen LogP contribution in [0.4, 0.5) is 5.69 Å². The first-order chi connectivity index (χ1) is 9.63. The van der Waals surface area contributed by atoms with Gasteiger partial charge in [0.15, 0.2) is 0 Å². The molecule has 2 unspecified atom stereocenters. The van der Waals surface area contributed by atoms with E-state index in [4.69, 9.17) is 0 Å². The van der Waals surface area contributed by atoms with Crippen molar-refractivity contribution in [2.24, 2.45) is 0 Å². The van der Waals surface area contributed by atoms with Gasteiger partial charge in [0.25, 0.3) is 0 Å². The van der Waals surface area contributed by atoms with Crippen LogP contribution in [0.15, 0.2) is 18.2 Å². The predicted molar refractivity (Wildman–Crippen MR) is 85.2 cm³/mol. The minimum Gasteiger partial charge on any atom is -0.391 e. The van der Waals surface area contributed by atoms with E-state index in [0.29, 0.717) is 0 Å². The van der Waals surface area contributed by atoms with E-state index in [1.807, 2.05) is 0 Å². The maximum absolute atomic E-state index is 10.2. The van der Waals surface area contributed by atoms with Crippen molar-refractivity contribution in [2.75, 3.05) is 18.5 Å². The molecule has 0 aliphatic heterocycles. The number of aryl methyl sites for hydroxylation is 1. The van der Waals surface area contributed by atoms with Gasteiger partial charge in [-0.15, -0.1) is 0 Å². The van der Waals surface area contributed by atoms with Crippen molar-refractivity contribution in [3.05, 3.63) is 29.3 Å². The number of rotatable bonds is 5. The second kappa shape index (κ2) is 7.09. The quantitative estimate of drug-likeness (QED) is 0.868. The van der Waals surface area contributed by atoms with Crippen molar-refractivity contribution in [2.45, 2.75) is 58.2 Å². The Kier molecular flexibility index (Phi) is 5.44. The summed E-state index contributed by atoms with van der Waals surface area (Å²) in [7, 11) is 2.11. The number of hydrogen-bond donors (Lipinski definition) is 2. The van der Waals surface area contributed by atoms with Gasteiger partial charge >= 0.3 is 0 Å². The van der Waals surface area contributed by atoms with Crippen molar-refractivity contribution in [3.63, 3.8) is 0 Å². The Morgan fingerprint density at radius 1 is 1.30 bits per heavy atom. The lowest BCUT2D eigenvalue weighted by atomic mass is 9.91. The number of nitrogens with zero attached hydrogens (tertiary/aromatic N) is 1. The van der Waals surface area contributed by atoms with Crippen LogP contribution in [0.25, 0.3) is 0 Å². The zero-order chi connectivity index (χ0) is 14.5. The van der Waals surface area contributed by atoms with Crippen molar-refractivity contribution >= 4 is 5.69 Å². The highest BCUT2D eigenvalue weighted by molar-refractivity contribution is 5.51. The van der Waals surface area contributed by atoms with Crippen LogP contribution in [0.1, 0.15) is 43.7 Å². The van der Waals surface area contributed by atoms with Crippen LogP contribution in [0.5, 0.6) is 0 Å². The molecule has 2 atom stereocenters. The Hall–Kier alpha value is -1.06. The molecule has 0 bridgehead atoms. The third-order valence-electron chi connectivity index (χ3n) is 4.49. The first-order valence-corrected chi connectivity index (χ1v) is 7.84. The molecule has 1 aromatic rings. The molecule has 0 radical (unpaired) electrons. The fraction of sp³-hybridized carbons (Fsp3) is 0.647. The molecule has 3 heteroatoms. The van der Waals surface area contributed by atoms with E-state index in [0.717, 1.165) is 32.4 Å². The number of anilines is 1. The first kappa shape index (κ1) is 15.3. The van der Waals surface area contributed by atoms with Crippen LogP contribution < -0.4 is 10.2 Å². The molecule has 0 spiro atoms. The van der Waals surface area contributed by atoms with E-state index in [9.17, 15) is 5.11 Å². The minimum atomic E-state index is -0.185. The van der Waals surface area contributed by atoms with Crippen LogP contribution in [-0.4, -0.2) is 30.8 Å². The topological polar surface area (TPSA) is 35.5 Å². The Labute approximate surface area is 123 Å². The second-order valence-electron chi connectivity index (χ2n) is 5.92. The minimum absolute atomic E-state index is 0.185. The summed E-state index contributed by atoms with van der Waals surface area (Å²) in [5.74, 6) is 0. The molecular formula is C17H28N2O. The summed E-state index contributed by atoms with van der Waals surface area (Å²) < 4.78 is 0. The molecular weight excluding hydrogens is 248 g/mol. The number of likely N-dealkylation sites (N-methyl/N-ethyl adjacent to an activating group) is 1. The third-order valence-corrected chi connectivity index (χ3v) is 4.49. The number of nitrogens with one attached hydrogen (secondary N) is 1. The second-order valence-corrected chi connectivity index (χ2v) is 5.92. The van der Waals surface area contributed by atoms with Crippen molar-refractivity contribution in [3.8, 4) is 0 Å². The molecule has 3 nitrogen and oxygen atoms in total. The zero-order valence-corrected chi connectivity index (χ0v) is 13.0. The highest BCUT2D eigenvalue weighted by Crippen LogP contribution is 2.27. The van der Waals surface area contributed by atoms with Gasteiger partial charge in [-0.3, -0.25) is 0 Å². The average molecular weight is 276 g/mol. The molecule has 0 aromatic heterocycles. The highest BCUT2D eigenvalue weighted by Gasteiger charge is 2.26. The van der Waals surface area contributed by atoms with E-state index in [2.05, 4.69) is 49.3 Å². The summed E-state index contributed by atoms with van der Waals surface area (Å²) in [5, 5.41) is 13.6. The van der Waals surface area contributed by atoms with Gasteiger partial charge in [0.1, 0.15) is 0 Å². The molecule has 1 fully saturated rings. The maximum Gasteiger partial charge on any atom is 0.0743 e. The van der Waals surface area contributed by atoms with E-state index >= 15 is 0 Å². The van der Waals surface area contributed by atoms with Gasteiger partial charge in [0.05, 0.1) is 12.1 Å². The molecule has 0 heterocycles. The summed E-state index contributed by atoms with van der Waals surface area (Å²) in [6.07, 6.45) is 4.23. The van der Waals surface area contributed by atoms with Crippen molar-refractivity contribution in [1.82, 2.24) is 5.32 Å². The monoisotopic (exact) mass is 276 g/mol. The SMILES string of the molecule is CCNCc1ccc(N(C)C2CCCCC2O)cc1C. The molecule has 0 amide bonds. The van der Waals surface area contributed by atoms with Gasteiger partial charge in [-0.05, 0) is 49.6 Å². The van der Waals surface area contributed by atoms with E-state index in [1.165, 1.54) is 23.2 Å². The Bertz CT molecular complexity index is 433. The Morgan fingerprint density at radius 3 is 2.70 bits per heavy atom. The molecule has 0 saturated heterocycles. The molecule has 1 saturated carbocycles. The highest BCUT2D eigenvalue weighted by atomic mass is 16.3. The van der Waals surface area contributed by atoms with E-state index in [1.54, 1.807) is 0 Å². The number of benzene rings is 1. The van der Waals surface area contributed by atoms with Crippen LogP contribution in [0.2, 0.25) is 0 Å². The van der Waals surface area contributed by atoms with Crippen LogP contribution in [0.3, 0.4) is 0 Å². The predicted octanol–water partition coefficient (Wildman–Crippen LogP) is 2.84. The molecule has 1 aromatic carbocycles. The van der Waals surface area contributed by atoms with Crippen LogP contribution in [-0.2, 0) is 6.54 Å². The fourth-order valence-electron chi connectivity index (χ4n) is 3.09. The summed E-state index contributed by atoms with van der Waals surface area (Å²) in [5.41, 5.74) is 3.89. The normalized spacial score (nSPS) is 22.8. The zero-order valence-electron chi connectivity index (χ0n) is 13.0. The van der Waals surface area contributed by atoms with Gasteiger partial charge in [0.2, 0.25) is 0 Å². The van der Waals surface area contributed by atoms with E-state index < -0.39 is 0 Å².